The van der Waals surface area contributed by atoms with E-state index in [1.165, 1.54) is 18.2 Å². The fraction of sp³-hybridized carbons (Fsp3) is 0.222. The number of anilines is 1. The Morgan fingerprint density at radius 2 is 2.25 bits per heavy atom. The zero-order chi connectivity index (χ0) is 12.1. The van der Waals surface area contributed by atoms with Crippen LogP contribution in [-0.2, 0) is 0 Å². The maximum absolute atomic E-state index is 11.2. The Labute approximate surface area is 96.7 Å². The standard InChI is InChI=1S/C9H10ClN3O3/c1-2-11-9(14)12-8-5-6(13(15)16)3-4-7(8)10/h3-5H,2H2,1H3,(H2,11,12,14). The predicted molar refractivity (Wildman–Crippen MR) is 60.8 cm³/mol. The molecule has 0 spiro atoms. The second-order valence-corrected chi connectivity index (χ2v) is 3.31. The average Bonchev–Trinajstić information content (AvgIpc) is 2.21. The monoisotopic (exact) mass is 243 g/mol. The lowest BCUT2D eigenvalue weighted by Gasteiger charge is -2.07. The molecule has 6 nitrogen and oxygen atoms in total. The molecule has 0 aliphatic heterocycles. The second kappa shape index (κ2) is 5.32. The number of hydrogen-bond acceptors (Lipinski definition) is 3. The number of rotatable bonds is 3. The first-order chi connectivity index (χ1) is 7.54. The van der Waals surface area contributed by atoms with Gasteiger partial charge in [0.05, 0.1) is 15.6 Å². The van der Waals surface area contributed by atoms with Gasteiger partial charge in [-0.15, -0.1) is 0 Å². The number of nitrogens with zero attached hydrogens (tertiary/aromatic N) is 1. The summed E-state index contributed by atoms with van der Waals surface area (Å²) < 4.78 is 0. The second-order valence-electron chi connectivity index (χ2n) is 2.91. The van der Waals surface area contributed by atoms with Crippen molar-refractivity contribution in [1.29, 1.82) is 0 Å². The van der Waals surface area contributed by atoms with E-state index >= 15 is 0 Å². The summed E-state index contributed by atoms with van der Waals surface area (Å²) in [4.78, 5) is 21.1. The number of carbonyl (C=O) groups is 1. The highest BCUT2D eigenvalue weighted by atomic mass is 35.5. The number of halogens is 1. The summed E-state index contributed by atoms with van der Waals surface area (Å²) in [5.41, 5.74) is 0.0815. The number of benzene rings is 1. The molecular weight excluding hydrogens is 234 g/mol. The third kappa shape index (κ3) is 3.09. The van der Waals surface area contributed by atoms with Crippen LogP contribution in [0, 0.1) is 10.1 Å². The van der Waals surface area contributed by atoms with E-state index < -0.39 is 11.0 Å². The van der Waals surface area contributed by atoms with Crippen LogP contribution in [0.5, 0.6) is 0 Å². The molecule has 0 aliphatic carbocycles. The van der Waals surface area contributed by atoms with Gasteiger partial charge in [0, 0.05) is 18.7 Å². The lowest BCUT2D eigenvalue weighted by molar-refractivity contribution is -0.384. The summed E-state index contributed by atoms with van der Waals surface area (Å²) >= 11 is 5.78. The van der Waals surface area contributed by atoms with Crippen LogP contribution < -0.4 is 10.6 Å². The van der Waals surface area contributed by atoms with Crippen LogP contribution in [0.25, 0.3) is 0 Å². The summed E-state index contributed by atoms with van der Waals surface area (Å²) in [7, 11) is 0. The molecule has 0 atom stereocenters. The molecule has 0 unspecified atom stereocenters. The summed E-state index contributed by atoms with van der Waals surface area (Å²) in [5, 5.41) is 15.7. The molecule has 0 bridgehead atoms. The largest absolute Gasteiger partial charge is 0.338 e. The van der Waals surface area contributed by atoms with E-state index in [4.69, 9.17) is 11.6 Å². The van der Waals surface area contributed by atoms with Gasteiger partial charge in [-0.05, 0) is 13.0 Å². The van der Waals surface area contributed by atoms with Crippen LogP contribution in [0.15, 0.2) is 18.2 Å². The molecule has 0 fully saturated rings. The van der Waals surface area contributed by atoms with Crippen molar-refractivity contribution in [1.82, 2.24) is 5.32 Å². The van der Waals surface area contributed by atoms with E-state index in [2.05, 4.69) is 10.6 Å². The van der Waals surface area contributed by atoms with E-state index in [1.807, 2.05) is 0 Å². The minimum atomic E-state index is -0.556. The van der Waals surface area contributed by atoms with Crippen molar-refractivity contribution < 1.29 is 9.72 Å². The van der Waals surface area contributed by atoms with E-state index in [0.29, 0.717) is 6.54 Å². The molecule has 2 N–H and O–H groups in total. The molecule has 1 rings (SSSR count). The number of nitrogens with one attached hydrogen (secondary N) is 2. The van der Waals surface area contributed by atoms with Crippen LogP contribution >= 0.6 is 11.6 Å². The summed E-state index contributed by atoms with van der Waals surface area (Å²) in [6.45, 7) is 2.22. The molecule has 2 amide bonds. The van der Waals surface area contributed by atoms with Gasteiger partial charge in [0.2, 0.25) is 0 Å². The lowest BCUT2D eigenvalue weighted by Crippen LogP contribution is -2.28. The lowest BCUT2D eigenvalue weighted by atomic mass is 10.3. The van der Waals surface area contributed by atoms with Crippen LogP contribution in [0.3, 0.4) is 0 Å². The number of carbonyl (C=O) groups excluding carboxylic acids is 1. The van der Waals surface area contributed by atoms with Gasteiger partial charge in [-0.2, -0.15) is 0 Å². The highest BCUT2D eigenvalue weighted by molar-refractivity contribution is 6.33. The first-order valence-electron chi connectivity index (χ1n) is 4.53. The third-order valence-electron chi connectivity index (χ3n) is 1.75. The van der Waals surface area contributed by atoms with Gasteiger partial charge in [0.15, 0.2) is 0 Å². The molecule has 1 aromatic rings. The van der Waals surface area contributed by atoms with Gasteiger partial charge in [-0.3, -0.25) is 10.1 Å². The Balaban J connectivity index is 2.90. The number of urea groups is 1. The molecule has 0 radical (unpaired) electrons. The van der Waals surface area contributed by atoms with Crippen molar-refractivity contribution in [3.05, 3.63) is 33.3 Å². The molecule has 0 aliphatic rings. The Morgan fingerprint density at radius 3 is 2.81 bits per heavy atom. The SMILES string of the molecule is CCNC(=O)Nc1cc([N+](=O)[O-])ccc1Cl. The first-order valence-corrected chi connectivity index (χ1v) is 4.91. The Hall–Kier alpha value is -1.82. The fourth-order valence-electron chi connectivity index (χ4n) is 1.05. The van der Waals surface area contributed by atoms with Crippen molar-refractivity contribution >= 4 is 29.0 Å². The van der Waals surface area contributed by atoms with Crippen molar-refractivity contribution in [2.24, 2.45) is 0 Å². The molecule has 7 heteroatoms. The van der Waals surface area contributed by atoms with Crippen molar-refractivity contribution in [2.75, 3.05) is 11.9 Å². The Morgan fingerprint density at radius 1 is 1.56 bits per heavy atom. The van der Waals surface area contributed by atoms with Gasteiger partial charge in [0.1, 0.15) is 0 Å². The summed E-state index contributed by atoms with van der Waals surface area (Å²) in [6.07, 6.45) is 0. The zero-order valence-electron chi connectivity index (χ0n) is 8.49. The molecule has 16 heavy (non-hydrogen) atoms. The maximum atomic E-state index is 11.2. The van der Waals surface area contributed by atoms with Gasteiger partial charge in [0.25, 0.3) is 5.69 Å². The minimum absolute atomic E-state index is 0.129. The number of non-ortho nitro benzene ring substituents is 1. The number of hydrogen-bond donors (Lipinski definition) is 2. The first kappa shape index (κ1) is 12.3. The van der Waals surface area contributed by atoms with E-state index in [9.17, 15) is 14.9 Å². The van der Waals surface area contributed by atoms with E-state index in [-0.39, 0.29) is 16.4 Å². The fourth-order valence-corrected chi connectivity index (χ4v) is 1.21. The molecular formula is C9H10ClN3O3. The Kier molecular flexibility index (Phi) is 4.07. The summed E-state index contributed by atoms with van der Waals surface area (Å²) in [5.74, 6) is 0. The van der Waals surface area contributed by atoms with Crippen LogP contribution in [0.2, 0.25) is 5.02 Å². The molecule has 0 saturated heterocycles. The molecule has 1 aromatic carbocycles. The predicted octanol–water partition coefficient (Wildman–Crippen LogP) is 2.39. The van der Waals surface area contributed by atoms with Crippen molar-refractivity contribution in [3.8, 4) is 0 Å². The molecule has 0 aromatic heterocycles. The van der Waals surface area contributed by atoms with Crippen LogP contribution in [-0.4, -0.2) is 17.5 Å². The van der Waals surface area contributed by atoms with Crippen molar-refractivity contribution in [2.45, 2.75) is 6.92 Å². The smallest absolute Gasteiger partial charge is 0.319 e. The summed E-state index contributed by atoms with van der Waals surface area (Å²) in [6, 6.07) is 3.38. The molecule has 86 valence electrons. The van der Waals surface area contributed by atoms with Crippen LogP contribution in [0.1, 0.15) is 6.92 Å². The third-order valence-corrected chi connectivity index (χ3v) is 2.08. The quantitative estimate of drug-likeness (QED) is 0.631. The highest BCUT2D eigenvalue weighted by Crippen LogP contribution is 2.26. The maximum Gasteiger partial charge on any atom is 0.319 e. The number of amides is 2. The Bertz CT molecular complexity index is 422. The average molecular weight is 244 g/mol. The van der Waals surface area contributed by atoms with Crippen LogP contribution in [0.4, 0.5) is 16.2 Å². The molecule has 0 saturated carbocycles. The van der Waals surface area contributed by atoms with Gasteiger partial charge in [-0.25, -0.2) is 4.79 Å². The van der Waals surface area contributed by atoms with Gasteiger partial charge < -0.3 is 10.6 Å². The van der Waals surface area contributed by atoms with Crippen molar-refractivity contribution in [3.63, 3.8) is 0 Å². The zero-order valence-corrected chi connectivity index (χ0v) is 9.25. The number of nitro groups is 1. The topological polar surface area (TPSA) is 84.3 Å². The van der Waals surface area contributed by atoms with E-state index in [1.54, 1.807) is 6.92 Å². The van der Waals surface area contributed by atoms with Gasteiger partial charge in [-0.1, -0.05) is 11.6 Å². The minimum Gasteiger partial charge on any atom is -0.338 e. The molecule has 0 heterocycles. The van der Waals surface area contributed by atoms with E-state index in [0.717, 1.165) is 0 Å². The normalized spacial score (nSPS) is 9.62. The highest BCUT2D eigenvalue weighted by Gasteiger charge is 2.11. The number of nitro benzene ring substituents is 1. The van der Waals surface area contributed by atoms with Gasteiger partial charge >= 0.3 is 6.03 Å².